The van der Waals surface area contributed by atoms with E-state index in [0.29, 0.717) is 12.2 Å². The van der Waals surface area contributed by atoms with Crippen molar-refractivity contribution in [1.29, 1.82) is 0 Å². The van der Waals surface area contributed by atoms with Gasteiger partial charge in [0.05, 0.1) is 6.54 Å². The molecule has 0 radical (unpaired) electrons. The maximum absolute atomic E-state index is 12.7. The molecule has 1 amide bonds. The van der Waals surface area contributed by atoms with Gasteiger partial charge in [-0.2, -0.15) is 0 Å². The highest BCUT2D eigenvalue weighted by molar-refractivity contribution is 7.09. The molecule has 0 spiro atoms. The molecule has 2 heterocycles. The first kappa shape index (κ1) is 19.6. The zero-order valence-corrected chi connectivity index (χ0v) is 17.5. The molecule has 3 aromatic rings. The van der Waals surface area contributed by atoms with E-state index < -0.39 is 0 Å². The fraction of sp³-hybridized carbons (Fsp3) is 0.304. The molecule has 150 valence electrons. The minimum Gasteiger partial charge on any atom is -0.369 e. The van der Waals surface area contributed by atoms with Crippen molar-refractivity contribution in [3.63, 3.8) is 0 Å². The maximum atomic E-state index is 12.7. The Bertz CT molecular complexity index is 920. The van der Waals surface area contributed by atoms with Gasteiger partial charge in [0, 0.05) is 50.8 Å². The lowest BCUT2D eigenvalue weighted by Crippen LogP contribution is -2.45. The van der Waals surface area contributed by atoms with Gasteiger partial charge in [-0.1, -0.05) is 48.5 Å². The molecule has 5 nitrogen and oxygen atoms in total. The van der Waals surface area contributed by atoms with E-state index in [1.807, 2.05) is 42.8 Å². The molecule has 1 aliphatic rings. The number of benzene rings is 2. The number of carbonyl (C=O) groups excluding carboxylic acids is 1. The van der Waals surface area contributed by atoms with Gasteiger partial charge in [0.2, 0.25) is 0 Å². The first-order chi connectivity index (χ1) is 14.2. The van der Waals surface area contributed by atoms with Crippen LogP contribution in [-0.4, -0.2) is 53.9 Å². The van der Waals surface area contributed by atoms with Crippen molar-refractivity contribution in [3.8, 4) is 0 Å². The fourth-order valence-electron chi connectivity index (χ4n) is 3.60. The number of para-hydroxylation sites is 1. The van der Waals surface area contributed by atoms with E-state index in [1.54, 1.807) is 16.2 Å². The van der Waals surface area contributed by atoms with E-state index in [9.17, 15) is 4.79 Å². The molecule has 0 bridgehead atoms. The van der Waals surface area contributed by atoms with Crippen LogP contribution in [0.3, 0.4) is 0 Å². The standard InChI is InChI=1S/C23H26N4OS/c1-25(16-19-8-4-2-5-9-19)23(28)21-18-29-22(24-21)17-26-12-14-27(15-13-26)20-10-6-3-7-11-20/h2-11,18H,12-17H2,1H3. The highest BCUT2D eigenvalue weighted by Crippen LogP contribution is 2.19. The van der Waals surface area contributed by atoms with Gasteiger partial charge in [-0.05, 0) is 17.7 Å². The van der Waals surface area contributed by atoms with Gasteiger partial charge >= 0.3 is 0 Å². The van der Waals surface area contributed by atoms with Crippen molar-refractivity contribution in [2.75, 3.05) is 38.1 Å². The number of hydrogen-bond donors (Lipinski definition) is 0. The van der Waals surface area contributed by atoms with Crippen LogP contribution in [0.15, 0.2) is 66.0 Å². The van der Waals surface area contributed by atoms with Gasteiger partial charge in [-0.3, -0.25) is 9.69 Å². The summed E-state index contributed by atoms with van der Waals surface area (Å²) in [4.78, 5) is 23.9. The Morgan fingerprint density at radius 1 is 1.00 bits per heavy atom. The van der Waals surface area contributed by atoms with Crippen LogP contribution in [-0.2, 0) is 13.1 Å². The van der Waals surface area contributed by atoms with Crippen LogP contribution in [0.4, 0.5) is 5.69 Å². The molecule has 0 atom stereocenters. The van der Waals surface area contributed by atoms with Gasteiger partial charge < -0.3 is 9.80 Å². The Hall–Kier alpha value is -2.70. The number of carbonyl (C=O) groups is 1. The van der Waals surface area contributed by atoms with E-state index in [1.165, 1.54) is 5.69 Å². The minimum atomic E-state index is -0.0229. The SMILES string of the molecule is CN(Cc1ccccc1)C(=O)c1csc(CN2CCN(c3ccccc3)CC2)n1. The van der Waals surface area contributed by atoms with E-state index >= 15 is 0 Å². The summed E-state index contributed by atoms with van der Waals surface area (Å²) in [6.07, 6.45) is 0. The van der Waals surface area contributed by atoms with Crippen LogP contribution in [0.2, 0.25) is 0 Å². The summed E-state index contributed by atoms with van der Waals surface area (Å²) >= 11 is 1.58. The Kier molecular flexibility index (Phi) is 6.22. The summed E-state index contributed by atoms with van der Waals surface area (Å²) < 4.78 is 0. The lowest BCUT2D eigenvalue weighted by molar-refractivity contribution is 0.0779. The number of thiazole rings is 1. The molecule has 0 aliphatic carbocycles. The molecule has 0 unspecified atom stereocenters. The van der Waals surface area contributed by atoms with Gasteiger partial charge in [0.1, 0.15) is 10.7 Å². The van der Waals surface area contributed by atoms with Crippen LogP contribution < -0.4 is 4.90 Å². The van der Waals surface area contributed by atoms with Crippen LogP contribution >= 0.6 is 11.3 Å². The third kappa shape index (κ3) is 5.02. The highest BCUT2D eigenvalue weighted by atomic mass is 32.1. The van der Waals surface area contributed by atoms with E-state index in [0.717, 1.165) is 43.3 Å². The second-order valence-corrected chi connectivity index (χ2v) is 8.31. The first-order valence-electron chi connectivity index (χ1n) is 9.95. The lowest BCUT2D eigenvalue weighted by Gasteiger charge is -2.35. The molecule has 1 fully saturated rings. The molecule has 1 aliphatic heterocycles. The van der Waals surface area contributed by atoms with Crippen molar-refractivity contribution < 1.29 is 4.79 Å². The molecule has 2 aromatic carbocycles. The van der Waals surface area contributed by atoms with Crippen LogP contribution in [0.25, 0.3) is 0 Å². The van der Waals surface area contributed by atoms with Gasteiger partial charge in [-0.15, -0.1) is 11.3 Å². The van der Waals surface area contributed by atoms with Gasteiger partial charge in [0.15, 0.2) is 0 Å². The van der Waals surface area contributed by atoms with Crippen molar-refractivity contribution in [2.45, 2.75) is 13.1 Å². The second-order valence-electron chi connectivity index (χ2n) is 7.37. The monoisotopic (exact) mass is 406 g/mol. The summed E-state index contributed by atoms with van der Waals surface area (Å²) in [5.74, 6) is -0.0229. The maximum Gasteiger partial charge on any atom is 0.273 e. The molecular weight excluding hydrogens is 380 g/mol. The highest BCUT2D eigenvalue weighted by Gasteiger charge is 2.20. The zero-order chi connectivity index (χ0) is 20.1. The molecule has 1 aromatic heterocycles. The first-order valence-corrected chi connectivity index (χ1v) is 10.8. The predicted octanol–water partition coefficient (Wildman–Crippen LogP) is 3.74. The van der Waals surface area contributed by atoms with Gasteiger partial charge in [0.25, 0.3) is 5.91 Å². The molecule has 1 saturated heterocycles. The van der Waals surface area contributed by atoms with E-state index in [4.69, 9.17) is 0 Å². The number of rotatable bonds is 6. The Morgan fingerprint density at radius 3 is 2.34 bits per heavy atom. The molecule has 29 heavy (non-hydrogen) atoms. The number of hydrogen-bond acceptors (Lipinski definition) is 5. The van der Waals surface area contributed by atoms with Crippen molar-refractivity contribution in [2.24, 2.45) is 0 Å². The van der Waals surface area contributed by atoms with E-state index in [2.05, 4.69) is 45.1 Å². The smallest absolute Gasteiger partial charge is 0.273 e. The lowest BCUT2D eigenvalue weighted by atomic mass is 10.2. The number of aromatic nitrogens is 1. The minimum absolute atomic E-state index is 0.0229. The summed E-state index contributed by atoms with van der Waals surface area (Å²) in [7, 11) is 1.83. The normalized spacial score (nSPS) is 14.7. The van der Waals surface area contributed by atoms with Crippen molar-refractivity contribution >= 4 is 22.9 Å². The average molecular weight is 407 g/mol. The third-order valence-corrected chi connectivity index (χ3v) is 6.07. The molecule has 4 rings (SSSR count). The largest absolute Gasteiger partial charge is 0.369 e. The number of piperazine rings is 1. The van der Waals surface area contributed by atoms with Crippen molar-refractivity contribution in [3.05, 3.63) is 82.3 Å². The number of anilines is 1. The summed E-state index contributed by atoms with van der Waals surface area (Å²) in [5, 5.41) is 2.90. The average Bonchev–Trinajstić information content (AvgIpc) is 3.23. The van der Waals surface area contributed by atoms with Crippen LogP contribution in [0, 0.1) is 0 Å². The molecule has 6 heteroatoms. The Morgan fingerprint density at radius 2 is 1.66 bits per heavy atom. The predicted molar refractivity (Wildman–Crippen MR) is 118 cm³/mol. The third-order valence-electron chi connectivity index (χ3n) is 5.23. The van der Waals surface area contributed by atoms with Crippen molar-refractivity contribution in [1.82, 2.24) is 14.8 Å². The fourth-order valence-corrected chi connectivity index (χ4v) is 4.41. The van der Waals surface area contributed by atoms with Gasteiger partial charge in [-0.25, -0.2) is 4.98 Å². The molecule has 0 N–H and O–H groups in total. The second kappa shape index (κ2) is 9.20. The number of amides is 1. The van der Waals surface area contributed by atoms with Crippen LogP contribution in [0.1, 0.15) is 21.1 Å². The summed E-state index contributed by atoms with van der Waals surface area (Å²) in [6.45, 7) is 5.44. The Balaban J connectivity index is 1.30. The summed E-state index contributed by atoms with van der Waals surface area (Å²) in [6, 6.07) is 20.6. The molecular formula is C23H26N4OS. The number of nitrogens with zero attached hydrogens (tertiary/aromatic N) is 4. The van der Waals surface area contributed by atoms with E-state index in [-0.39, 0.29) is 5.91 Å². The van der Waals surface area contributed by atoms with Crippen LogP contribution in [0.5, 0.6) is 0 Å². The topological polar surface area (TPSA) is 39.7 Å². The summed E-state index contributed by atoms with van der Waals surface area (Å²) in [5.41, 5.74) is 2.96. The zero-order valence-electron chi connectivity index (χ0n) is 16.7. The Labute approximate surface area is 176 Å². The molecule has 0 saturated carbocycles. The quantitative estimate of drug-likeness (QED) is 0.625.